The lowest BCUT2D eigenvalue weighted by Crippen LogP contribution is -2.48. The van der Waals surface area contributed by atoms with Gasteiger partial charge in [0.1, 0.15) is 0 Å². The summed E-state index contributed by atoms with van der Waals surface area (Å²) in [5, 5.41) is 11.6. The van der Waals surface area contributed by atoms with Gasteiger partial charge >= 0.3 is 0 Å². The van der Waals surface area contributed by atoms with E-state index in [9.17, 15) is 0 Å². The molecule has 5 aliphatic rings. The van der Waals surface area contributed by atoms with Gasteiger partial charge in [-0.2, -0.15) is 5.10 Å². The van der Waals surface area contributed by atoms with Gasteiger partial charge in [-0.1, -0.05) is 38.3 Å². The van der Waals surface area contributed by atoms with Gasteiger partial charge in [-0.3, -0.25) is 5.10 Å². The Morgan fingerprint density at radius 1 is 1.09 bits per heavy atom. The number of hydrogen-bond acceptors (Lipinski definition) is 3. The van der Waals surface area contributed by atoms with Gasteiger partial charge in [-0.05, 0) is 106 Å². The molecule has 1 aromatic rings. The second kappa shape index (κ2) is 8.52. The van der Waals surface area contributed by atoms with E-state index in [4.69, 9.17) is 4.74 Å². The molecule has 4 nitrogen and oxygen atoms in total. The number of allylic oxidation sites excluding steroid dienone is 1. The summed E-state index contributed by atoms with van der Waals surface area (Å²) in [6.07, 6.45) is 15.3. The van der Waals surface area contributed by atoms with Crippen LogP contribution in [0.2, 0.25) is 0 Å². The van der Waals surface area contributed by atoms with Crippen molar-refractivity contribution >= 4 is 0 Å². The minimum atomic E-state index is 0.0661. The van der Waals surface area contributed by atoms with Crippen LogP contribution in [0.3, 0.4) is 0 Å². The predicted molar refractivity (Wildman–Crippen MR) is 133 cm³/mol. The van der Waals surface area contributed by atoms with Crippen LogP contribution in [0.1, 0.15) is 90.3 Å². The quantitative estimate of drug-likeness (QED) is 0.487. The predicted octanol–water partition coefficient (Wildman–Crippen LogP) is 5.84. The maximum absolute atomic E-state index is 7.05. The van der Waals surface area contributed by atoms with Gasteiger partial charge in [0, 0.05) is 17.7 Å². The van der Waals surface area contributed by atoms with Crippen LogP contribution >= 0.6 is 0 Å². The Morgan fingerprint density at radius 2 is 1.97 bits per heavy atom. The van der Waals surface area contributed by atoms with Crippen molar-refractivity contribution in [2.75, 3.05) is 6.54 Å². The second-order valence-corrected chi connectivity index (χ2v) is 12.7. The van der Waals surface area contributed by atoms with Crippen LogP contribution in [0.4, 0.5) is 0 Å². The molecule has 9 atom stereocenters. The number of fused-ring (bicyclic) bond motifs is 5. The summed E-state index contributed by atoms with van der Waals surface area (Å²) in [5.41, 5.74) is 6.48. The first-order valence-corrected chi connectivity index (χ1v) is 14.1. The van der Waals surface area contributed by atoms with E-state index in [1.165, 1.54) is 75.5 Å². The zero-order chi connectivity index (χ0) is 22.7. The summed E-state index contributed by atoms with van der Waals surface area (Å²) >= 11 is 0. The zero-order valence-electron chi connectivity index (χ0n) is 21.3. The third-order valence-electron chi connectivity index (χ3n) is 10.7. The minimum absolute atomic E-state index is 0.0661. The molecule has 0 radical (unpaired) electrons. The average Bonchev–Trinajstić information content (AvgIpc) is 3.42. The van der Waals surface area contributed by atoms with Gasteiger partial charge in [0.05, 0.1) is 17.9 Å². The summed E-state index contributed by atoms with van der Waals surface area (Å²) in [6.45, 7) is 11.0. The number of aryl methyl sites for hydroxylation is 1. The molecule has 3 aliphatic carbocycles. The molecular weight excluding hydrogens is 406 g/mol. The molecule has 182 valence electrons. The Balaban J connectivity index is 1.27. The Labute approximate surface area is 200 Å². The molecule has 33 heavy (non-hydrogen) atoms. The topological polar surface area (TPSA) is 49.9 Å². The largest absolute Gasteiger partial charge is 0.369 e. The molecule has 2 aliphatic heterocycles. The van der Waals surface area contributed by atoms with Crippen LogP contribution in [0.5, 0.6) is 0 Å². The Hall–Kier alpha value is -1.13. The number of ether oxygens (including phenoxy) is 1. The van der Waals surface area contributed by atoms with Crippen molar-refractivity contribution in [1.82, 2.24) is 15.5 Å². The van der Waals surface area contributed by atoms with E-state index in [1.807, 2.05) is 5.57 Å². The fourth-order valence-electron chi connectivity index (χ4n) is 8.93. The highest BCUT2D eigenvalue weighted by atomic mass is 16.5. The van der Waals surface area contributed by atoms with E-state index < -0.39 is 0 Å². The first-order valence-electron chi connectivity index (χ1n) is 14.1. The SMILES string of the molecule is CC1=C2CC3C(C)Cc4cn[nH]c4CCCCC3C2CCC2(C1)OC1CC(C)CNC1C2C. The Kier molecular flexibility index (Phi) is 5.77. The highest BCUT2D eigenvalue weighted by molar-refractivity contribution is 5.28. The van der Waals surface area contributed by atoms with Crippen molar-refractivity contribution in [3.63, 3.8) is 0 Å². The molecule has 0 aromatic carbocycles. The lowest BCUT2D eigenvalue weighted by atomic mass is 9.73. The summed E-state index contributed by atoms with van der Waals surface area (Å²) in [4.78, 5) is 0. The average molecular weight is 452 g/mol. The third kappa shape index (κ3) is 3.75. The minimum Gasteiger partial charge on any atom is -0.369 e. The third-order valence-corrected chi connectivity index (χ3v) is 10.7. The molecule has 2 N–H and O–H groups in total. The monoisotopic (exact) mass is 451 g/mol. The van der Waals surface area contributed by atoms with Gasteiger partial charge in [0.2, 0.25) is 0 Å². The number of piperidine rings is 1. The molecule has 2 saturated heterocycles. The van der Waals surface area contributed by atoms with E-state index in [2.05, 4.69) is 49.4 Å². The van der Waals surface area contributed by atoms with Gasteiger partial charge in [-0.15, -0.1) is 0 Å². The number of H-pyrrole nitrogens is 1. The fourth-order valence-corrected chi connectivity index (χ4v) is 8.93. The summed E-state index contributed by atoms with van der Waals surface area (Å²) < 4.78 is 7.05. The van der Waals surface area contributed by atoms with E-state index in [0.29, 0.717) is 18.1 Å². The number of aromatic amines is 1. The maximum Gasteiger partial charge on any atom is 0.0765 e. The van der Waals surface area contributed by atoms with Crippen LogP contribution in [-0.4, -0.2) is 34.5 Å². The van der Waals surface area contributed by atoms with E-state index in [0.717, 1.165) is 36.1 Å². The number of nitrogens with one attached hydrogen (secondary N) is 2. The summed E-state index contributed by atoms with van der Waals surface area (Å²) in [5.74, 6) is 4.58. The van der Waals surface area contributed by atoms with Crippen molar-refractivity contribution in [3.05, 3.63) is 28.6 Å². The standard InChI is InChI=1S/C29H45N3O/c1-17-11-27-28(30-15-17)20(4)29(33-27)10-9-23-22-7-5-6-8-26-21(16-31-32-26)12-18(2)24(22)13-25(23)19(3)14-29/h16-18,20,22-24,27-28,30H,5-15H2,1-4H3,(H,31,32). The van der Waals surface area contributed by atoms with E-state index in [1.54, 1.807) is 5.57 Å². The Morgan fingerprint density at radius 3 is 2.85 bits per heavy atom. The molecule has 9 unspecified atom stereocenters. The molecule has 0 bridgehead atoms. The lowest BCUT2D eigenvalue weighted by molar-refractivity contribution is -0.0717. The van der Waals surface area contributed by atoms with Crippen LogP contribution in [0.15, 0.2) is 17.3 Å². The van der Waals surface area contributed by atoms with Gasteiger partial charge in [0.15, 0.2) is 0 Å². The molecule has 3 heterocycles. The normalized spacial score (nSPS) is 45.8. The van der Waals surface area contributed by atoms with Crippen LogP contribution < -0.4 is 5.32 Å². The second-order valence-electron chi connectivity index (χ2n) is 12.7. The number of hydrogen-bond donors (Lipinski definition) is 2. The van der Waals surface area contributed by atoms with Crippen LogP contribution in [0.25, 0.3) is 0 Å². The maximum atomic E-state index is 7.05. The first kappa shape index (κ1) is 22.3. The molecule has 1 aromatic heterocycles. The van der Waals surface area contributed by atoms with E-state index >= 15 is 0 Å². The molecule has 4 heteroatoms. The van der Waals surface area contributed by atoms with Crippen molar-refractivity contribution in [1.29, 1.82) is 0 Å². The molecular formula is C29H45N3O. The Bertz CT molecular complexity index is 904. The number of aromatic nitrogens is 2. The number of rotatable bonds is 0. The molecule has 1 spiro atoms. The number of nitrogens with zero attached hydrogens (tertiary/aromatic N) is 1. The fraction of sp³-hybridized carbons (Fsp3) is 0.828. The smallest absolute Gasteiger partial charge is 0.0765 e. The van der Waals surface area contributed by atoms with E-state index in [-0.39, 0.29) is 5.60 Å². The molecule has 0 amide bonds. The highest BCUT2D eigenvalue weighted by Crippen LogP contribution is 2.57. The van der Waals surface area contributed by atoms with Crippen molar-refractivity contribution < 1.29 is 4.74 Å². The first-order chi connectivity index (χ1) is 15.9. The van der Waals surface area contributed by atoms with Crippen molar-refractivity contribution in [3.8, 4) is 0 Å². The van der Waals surface area contributed by atoms with Gasteiger partial charge in [0.25, 0.3) is 0 Å². The molecule has 6 rings (SSSR count). The lowest BCUT2D eigenvalue weighted by Gasteiger charge is -2.35. The zero-order valence-corrected chi connectivity index (χ0v) is 21.3. The summed E-state index contributed by atoms with van der Waals surface area (Å²) in [6, 6.07) is 0.558. The highest BCUT2D eigenvalue weighted by Gasteiger charge is 2.55. The van der Waals surface area contributed by atoms with Crippen LogP contribution in [-0.2, 0) is 17.6 Å². The van der Waals surface area contributed by atoms with Gasteiger partial charge < -0.3 is 10.1 Å². The van der Waals surface area contributed by atoms with Crippen molar-refractivity contribution in [2.45, 2.75) is 110 Å². The summed E-state index contributed by atoms with van der Waals surface area (Å²) in [7, 11) is 0. The van der Waals surface area contributed by atoms with Crippen LogP contribution in [0, 0.1) is 35.5 Å². The molecule has 1 saturated carbocycles. The van der Waals surface area contributed by atoms with Crippen molar-refractivity contribution in [2.24, 2.45) is 35.5 Å². The van der Waals surface area contributed by atoms with Gasteiger partial charge in [-0.25, -0.2) is 0 Å². The molecule has 3 fully saturated rings.